The number of hydrogen-bond acceptors (Lipinski definition) is 5. The number of aromatic nitrogens is 4. The zero-order chi connectivity index (χ0) is 18.8. The molecule has 0 aliphatic rings. The van der Waals surface area contributed by atoms with E-state index in [1.54, 1.807) is 16.7 Å². The van der Waals surface area contributed by atoms with E-state index in [-0.39, 0.29) is 5.56 Å². The van der Waals surface area contributed by atoms with Crippen molar-refractivity contribution >= 4 is 33.7 Å². The molecule has 0 atom stereocenters. The fourth-order valence-corrected chi connectivity index (χ4v) is 3.96. The second-order valence-electron chi connectivity index (χ2n) is 6.15. The van der Waals surface area contributed by atoms with E-state index < -0.39 is 0 Å². The Hall–Kier alpha value is -2.99. The Bertz CT molecular complexity index is 1220. The molecule has 134 valence electrons. The summed E-state index contributed by atoms with van der Waals surface area (Å²) in [6, 6.07) is 15.2. The summed E-state index contributed by atoms with van der Waals surface area (Å²) >= 11 is 1.49. The fraction of sp³-hybridized carbons (Fsp3) is 0.143. The third kappa shape index (κ3) is 3.36. The fourth-order valence-electron chi connectivity index (χ4n) is 2.94. The second kappa shape index (κ2) is 7.32. The number of aryl methyl sites for hydroxylation is 1. The van der Waals surface area contributed by atoms with Crippen LogP contribution in [0.5, 0.6) is 0 Å². The van der Waals surface area contributed by atoms with Crippen LogP contribution in [0.1, 0.15) is 11.4 Å². The van der Waals surface area contributed by atoms with E-state index in [2.05, 4.69) is 11.6 Å². The van der Waals surface area contributed by atoms with Crippen molar-refractivity contribution in [1.82, 2.24) is 19.5 Å². The van der Waals surface area contributed by atoms with Crippen molar-refractivity contribution in [3.05, 3.63) is 82.9 Å². The molecule has 0 saturated carbocycles. The van der Waals surface area contributed by atoms with E-state index in [1.807, 2.05) is 49.4 Å². The normalized spacial score (nSPS) is 11.1. The van der Waals surface area contributed by atoms with Gasteiger partial charge in [0.2, 0.25) is 0 Å². The van der Waals surface area contributed by atoms with Crippen molar-refractivity contribution in [1.29, 1.82) is 0 Å². The van der Waals surface area contributed by atoms with Crippen molar-refractivity contribution in [3.63, 3.8) is 0 Å². The first-order chi connectivity index (χ1) is 13.2. The average Bonchev–Trinajstić information content (AvgIpc) is 2.69. The minimum Gasteiger partial charge on any atom is -0.283 e. The summed E-state index contributed by atoms with van der Waals surface area (Å²) in [4.78, 5) is 26.9. The minimum absolute atomic E-state index is 0.0516. The minimum atomic E-state index is -0.0516. The molecule has 4 rings (SSSR count). The lowest BCUT2D eigenvalue weighted by molar-refractivity contribution is 0.671. The first-order valence-corrected chi connectivity index (χ1v) is 9.61. The van der Waals surface area contributed by atoms with Crippen molar-refractivity contribution in [2.75, 3.05) is 0 Å². The Morgan fingerprint density at radius 2 is 1.67 bits per heavy atom. The van der Waals surface area contributed by atoms with Gasteiger partial charge in [0.1, 0.15) is 0 Å². The number of hydrogen-bond donors (Lipinski definition) is 0. The molecule has 0 spiro atoms. The summed E-state index contributed by atoms with van der Waals surface area (Å²) in [5.41, 5.74) is 4.19. The predicted molar refractivity (Wildman–Crippen MR) is 110 cm³/mol. The van der Waals surface area contributed by atoms with Gasteiger partial charge in [-0.15, -0.1) is 6.58 Å². The topological polar surface area (TPSA) is 60.7 Å². The summed E-state index contributed by atoms with van der Waals surface area (Å²) in [7, 11) is 0. The van der Waals surface area contributed by atoms with Crippen molar-refractivity contribution in [2.24, 2.45) is 0 Å². The first-order valence-electron chi connectivity index (χ1n) is 8.63. The monoisotopic (exact) mass is 374 g/mol. The predicted octanol–water partition coefficient (Wildman–Crippen LogP) is 4.13. The van der Waals surface area contributed by atoms with Crippen molar-refractivity contribution < 1.29 is 0 Å². The van der Waals surface area contributed by atoms with Gasteiger partial charge in [-0.05, 0) is 31.2 Å². The molecule has 27 heavy (non-hydrogen) atoms. The van der Waals surface area contributed by atoms with Gasteiger partial charge in [-0.25, -0.2) is 15.0 Å². The van der Waals surface area contributed by atoms with Crippen LogP contribution in [0.2, 0.25) is 0 Å². The van der Waals surface area contributed by atoms with Gasteiger partial charge in [-0.3, -0.25) is 9.36 Å². The molecule has 0 aliphatic carbocycles. The summed E-state index contributed by atoms with van der Waals surface area (Å²) in [5.74, 6) is 0.589. The lowest BCUT2D eigenvalue weighted by Gasteiger charge is -2.12. The Labute approximate surface area is 160 Å². The molecule has 0 saturated heterocycles. The second-order valence-corrected chi connectivity index (χ2v) is 7.09. The number of benzene rings is 2. The van der Waals surface area contributed by atoms with Crippen molar-refractivity contribution in [2.45, 2.75) is 24.4 Å². The van der Waals surface area contributed by atoms with Crippen LogP contribution < -0.4 is 5.56 Å². The van der Waals surface area contributed by atoms with Gasteiger partial charge >= 0.3 is 0 Å². The summed E-state index contributed by atoms with van der Waals surface area (Å²) in [6.07, 6.45) is 1.71. The van der Waals surface area contributed by atoms with Crippen LogP contribution in [0.25, 0.3) is 21.9 Å². The van der Waals surface area contributed by atoms with Gasteiger partial charge in [0.15, 0.2) is 5.16 Å². The maximum atomic E-state index is 12.8. The van der Waals surface area contributed by atoms with E-state index in [0.29, 0.717) is 28.4 Å². The van der Waals surface area contributed by atoms with Gasteiger partial charge < -0.3 is 0 Å². The summed E-state index contributed by atoms with van der Waals surface area (Å²) < 4.78 is 1.66. The number of para-hydroxylation sites is 3. The maximum absolute atomic E-state index is 12.8. The molecule has 0 fully saturated rings. The molecule has 4 aromatic rings. The molecule has 5 nitrogen and oxygen atoms in total. The molecule has 2 aromatic carbocycles. The highest BCUT2D eigenvalue weighted by molar-refractivity contribution is 7.98. The Balaban J connectivity index is 1.73. The molecule has 0 N–H and O–H groups in total. The third-order valence-electron chi connectivity index (χ3n) is 4.32. The molecule has 0 amide bonds. The van der Waals surface area contributed by atoms with Crippen molar-refractivity contribution in [3.8, 4) is 0 Å². The molecule has 0 unspecified atom stereocenters. The first kappa shape index (κ1) is 17.4. The summed E-state index contributed by atoms with van der Waals surface area (Å²) in [6.45, 7) is 6.14. The van der Waals surface area contributed by atoms with Crippen LogP contribution in [0.3, 0.4) is 0 Å². The van der Waals surface area contributed by atoms with E-state index >= 15 is 0 Å². The van der Waals surface area contributed by atoms with Gasteiger partial charge in [0, 0.05) is 12.3 Å². The van der Waals surface area contributed by atoms with E-state index in [0.717, 1.165) is 22.4 Å². The smallest absolute Gasteiger partial charge is 0.262 e. The van der Waals surface area contributed by atoms with Gasteiger partial charge in [0.05, 0.1) is 33.3 Å². The molecule has 2 heterocycles. The third-order valence-corrected chi connectivity index (χ3v) is 5.31. The highest BCUT2D eigenvalue weighted by Crippen LogP contribution is 2.23. The molecule has 0 radical (unpaired) electrons. The largest absolute Gasteiger partial charge is 0.283 e. The number of nitrogens with zero attached hydrogens (tertiary/aromatic N) is 4. The van der Waals surface area contributed by atoms with Crippen LogP contribution in [0.4, 0.5) is 0 Å². The Morgan fingerprint density at radius 1 is 1.00 bits per heavy atom. The average molecular weight is 374 g/mol. The lowest BCUT2D eigenvalue weighted by Crippen LogP contribution is -2.22. The molecular weight excluding hydrogens is 356 g/mol. The maximum Gasteiger partial charge on any atom is 0.262 e. The highest BCUT2D eigenvalue weighted by atomic mass is 32.2. The summed E-state index contributed by atoms with van der Waals surface area (Å²) in [5, 5.41) is 1.28. The highest BCUT2D eigenvalue weighted by Gasteiger charge is 2.12. The SMILES string of the molecule is C=CCn1c(SCc2nc3ccccc3nc2C)nc2ccccc2c1=O. The van der Waals surface area contributed by atoms with E-state index in [9.17, 15) is 4.79 Å². The number of thioether (sulfide) groups is 1. The van der Waals surface area contributed by atoms with Crippen LogP contribution >= 0.6 is 11.8 Å². The Kier molecular flexibility index (Phi) is 4.73. The zero-order valence-electron chi connectivity index (χ0n) is 14.9. The lowest BCUT2D eigenvalue weighted by atomic mass is 10.2. The quantitative estimate of drug-likeness (QED) is 0.299. The van der Waals surface area contributed by atoms with Gasteiger partial charge in [-0.1, -0.05) is 42.1 Å². The number of rotatable bonds is 5. The molecule has 2 aromatic heterocycles. The standard InChI is InChI=1S/C21H18N4OS/c1-3-12-25-20(26)15-8-4-5-9-16(15)24-21(25)27-13-19-14(2)22-17-10-6-7-11-18(17)23-19/h3-11H,1,12-13H2,2H3. The molecule has 0 aliphatic heterocycles. The molecule has 6 heteroatoms. The molecular formula is C21H18N4OS. The molecule has 0 bridgehead atoms. The van der Waals surface area contributed by atoms with Gasteiger partial charge in [0.25, 0.3) is 5.56 Å². The number of allylic oxidation sites excluding steroid dienone is 1. The van der Waals surface area contributed by atoms with Crippen LogP contribution in [-0.2, 0) is 12.3 Å². The van der Waals surface area contributed by atoms with Crippen LogP contribution in [-0.4, -0.2) is 19.5 Å². The zero-order valence-corrected chi connectivity index (χ0v) is 15.7. The van der Waals surface area contributed by atoms with Crippen LogP contribution in [0, 0.1) is 6.92 Å². The Morgan fingerprint density at radius 3 is 2.41 bits per heavy atom. The van der Waals surface area contributed by atoms with Crippen LogP contribution in [0.15, 0.2) is 71.1 Å². The number of fused-ring (bicyclic) bond motifs is 2. The van der Waals surface area contributed by atoms with Gasteiger partial charge in [-0.2, -0.15) is 0 Å². The van der Waals surface area contributed by atoms with E-state index in [1.165, 1.54) is 11.8 Å². The van der Waals surface area contributed by atoms with E-state index in [4.69, 9.17) is 9.97 Å².